The maximum atomic E-state index is 13.8. The molecule has 17 heavy (non-hydrogen) atoms. The highest BCUT2D eigenvalue weighted by Crippen LogP contribution is 2.30. The van der Waals surface area contributed by atoms with Crippen LogP contribution >= 0.6 is 11.6 Å². The van der Waals surface area contributed by atoms with Crippen molar-refractivity contribution < 1.29 is 4.39 Å². The molecule has 3 N–H and O–H groups in total. The van der Waals surface area contributed by atoms with Crippen molar-refractivity contribution in [2.75, 3.05) is 0 Å². The minimum Gasteiger partial charge on any atom is -0.271 e. The Morgan fingerprint density at radius 2 is 2.12 bits per heavy atom. The third kappa shape index (κ3) is 2.97. The van der Waals surface area contributed by atoms with Crippen molar-refractivity contribution in [2.24, 2.45) is 11.8 Å². The van der Waals surface area contributed by atoms with Gasteiger partial charge in [-0.1, -0.05) is 36.6 Å². The zero-order valence-corrected chi connectivity index (χ0v) is 10.5. The number of rotatable bonds is 4. The average molecular weight is 257 g/mol. The number of hydrogen-bond donors (Lipinski definition) is 2. The highest BCUT2D eigenvalue weighted by atomic mass is 35.5. The lowest BCUT2D eigenvalue weighted by molar-refractivity contribution is 0.358. The van der Waals surface area contributed by atoms with Gasteiger partial charge in [0.2, 0.25) is 0 Å². The molecular formula is C13H18ClFN2. The van der Waals surface area contributed by atoms with E-state index < -0.39 is 0 Å². The first-order chi connectivity index (χ1) is 8.22. The molecule has 0 bridgehead atoms. The molecule has 0 aliphatic heterocycles. The molecule has 0 spiro atoms. The van der Waals surface area contributed by atoms with Gasteiger partial charge in [0.1, 0.15) is 5.82 Å². The summed E-state index contributed by atoms with van der Waals surface area (Å²) >= 11 is 5.77. The van der Waals surface area contributed by atoms with Crippen LogP contribution < -0.4 is 11.3 Å². The predicted octanol–water partition coefficient (Wildman–Crippen LogP) is 3.04. The third-order valence-electron chi connectivity index (χ3n) is 3.65. The normalized spacial score (nSPS) is 18.5. The SMILES string of the molecule is NNC(Cc1cccc(Cl)c1F)C1CCCC1. The Hall–Kier alpha value is -0.640. The second-order valence-electron chi connectivity index (χ2n) is 4.73. The van der Waals surface area contributed by atoms with E-state index in [9.17, 15) is 4.39 Å². The molecule has 1 aliphatic rings. The maximum Gasteiger partial charge on any atom is 0.145 e. The topological polar surface area (TPSA) is 38.0 Å². The summed E-state index contributed by atoms with van der Waals surface area (Å²) in [5, 5.41) is 0.185. The van der Waals surface area contributed by atoms with Gasteiger partial charge in [-0.25, -0.2) is 4.39 Å². The Morgan fingerprint density at radius 3 is 2.76 bits per heavy atom. The van der Waals surface area contributed by atoms with E-state index in [1.165, 1.54) is 25.7 Å². The highest BCUT2D eigenvalue weighted by Gasteiger charge is 2.25. The van der Waals surface area contributed by atoms with Gasteiger partial charge in [-0.15, -0.1) is 0 Å². The first-order valence-electron chi connectivity index (χ1n) is 6.11. The van der Waals surface area contributed by atoms with Gasteiger partial charge in [-0.2, -0.15) is 0 Å². The van der Waals surface area contributed by atoms with Gasteiger partial charge in [0, 0.05) is 6.04 Å². The van der Waals surface area contributed by atoms with E-state index in [1.807, 2.05) is 0 Å². The van der Waals surface area contributed by atoms with E-state index in [0.717, 1.165) is 0 Å². The van der Waals surface area contributed by atoms with E-state index in [0.29, 0.717) is 17.9 Å². The molecule has 1 saturated carbocycles. The number of halogens is 2. The van der Waals surface area contributed by atoms with Gasteiger partial charge < -0.3 is 0 Å². The van der Waals surface area contributed by atoms with E-state index in [-0.39, 0.29) is 16.9 Å². The van der Waals surface area contributed by atoms with Crippen LogP contribution in [-0.4, -0.2) is 6.04 Å². The summed E-state index contributed by atoms with van der Waals surface area (Å²) in [6.07, 6.45) is 5.46. The van der Waals surface area contributed by atoms with E-state index in [2.05, 4.69) is 5.43 Å². The second-order valence-corrected chi connectivity index (χ2v) is 5.14. The van der Waals surface area contributed by atoms with E-state index >= 15 is 0 Å². The Morgan fingerprint density at radius 1 is 1.41 bits per heavy atom. The lowest BCUT2D eigenvalue weighted by Crippen LogP contribution is -2.41. The lowest BCUT2D eigenvalue weighted by Gasteiger charge is -2.22. The van der Waals surface area contributed by atoms with Crippen molar-refractivity contribution in [2.45, 2.75) is 38.1 Å². The van der Waals surface area contributed by atoms with Crippen LogP contribution in [-0.2, 0) is 6.42 Å². The van der Waals surface area contributed by atoms with Crippen LogP contribution in [0.5, 0.6) is 0 Å². The van der Waals surface area contributed by atoms with Crippen molar-refractivity contribution in [3.8, 4) is 0 Å². The predicted molar refractivity (Wildman–Crippen MR) is 68.2 cm³/mol. The zero-order chi connectivity index (χ0) is 12.3. The molecule has 0 heterocycles. The Bertz CT molecular complexity index is 378. The highest BCUT2D eigenvalue weighted by molar-refractivity contribution is 6.30. The molecule has 1 unspecified atom stereocenters. The van der Waals surface area contributed by atoms with Crippen molar-refractivity contribution >= 4 is 11.6 Å². The van der Waals surface area contributed by atoms with Gasteiger partial charge in [-0.05, 0) is 36.8 Å². The van der Waals surface area contributed by atoms with Gasteiger partial charge in [0.25, 0.3) is 0 Å². The molecule has 1 aromatic rings. The first-order valence-corrected chi connectivity index (χ1v) is 6.49. The molecule has 1 atom stereocenters. The van der Waals surface area contributed by atoms with Crippen LogP contribution in [0.4, 0.5) is 4.39 Å². The Labute approximate surface area is 106 Å². The smallest absolute Gasteiger partial charge is 0.145 e. The molecule has 1 aliphatic carbocycles. The minimum atomic E-state index is -0.313. The van der Waals surface area contributed by atoms with Crippen LogP contribution in [0, 0.1) is 11.7 Å². The summed E-state index contributed by atoms with van der Waals surface area (Å²) < 4.78 is 13.8. The fraction of sp³-hybridized carbons (Fsp3) is 0.538. The van der Waals surface area contributed by atoms with E-state index in [4.69, 9.17) is 17.4 Å². The summed E-state index contributed by atoms with van der Waals surface area (Å²) in [6.45, 7) is 0. The van der Waals surface area contributed by atoms with Gasteiger partial charge in [0.15, 0.2) is 0 Å². The standard InChI is InChI=1S/C13H18ClFN2/c14-11-7-3-6-10(13(11)15)8-12(17-16)9-4-1-2-5-9/h3,6-7,9,12,17H,1-2,4-5,8,16H2. The fourth-order valence-corrected chi connectivity index (χ4v) is 2.86. The lowest BCUT2D eigenvalue weighted by atomic mass is 9.92. The summed E-state index contributed by atoms with van der Waals surface area (Å²) in [6, 6.07) is 5.27. The molecule has 4 heteroatoms. The molecule has 0 radical (unpaired) electrons. The van der Waals surface area contributed by atoms with Crippen LogP contribution in [0.3, 0.4) is 0 Å². The molecule has 1 aromatic carbocycles. The molecule has 94 valence electrons. The third-order valence-corrected chi connectivity index (χ3v) is 3.95. The summed E-state index contributed by atoms with van der Waals surface area (Å²) in [4.78, 5) is 0. The van der Waals surface area contributed by atoms with Crippen molar-refractivity contribution in [3.05, 3.63) is 34.6 Å². The maximum absolute atomic E-state index is 13.8. The molecular weight excluding hydrogens is 239 g/mol. The van der Waals surface area contributed by atoms with Gasteiger partial charge in [0.05, 0.1) is 5.02 Å². The van der Waals surface area contributed by atoms with Gasteiger partial charge in [-0.3, -0.25) is 11.3 Å². The monoisotopic (exact) mass is 256 g/mol. The Kier molecular flexibility index (Phi) is 4.37. The number of hydrazine groups is 1. The molecule has 0 amide bonds. The number of nitrogens with two attached hydrogens (primary N) is 1. The molecule has 0 aromatic heterocycles. The first kappa shape index (κ1) is 12.8. The largest absolute Gasteiger partial charge is 0.271 e. The molecule has 0 saturated heterocycles. The molecule has 1 fully saturated rings. The van der Waals surface area contributed by atoms with Crippen molar-refractivity contribution in [1.29, 1.82) is 0 Å². The van der Waals surface area contributed by atoms with Crippen LogP contribution in [0.15, 0.2) is 18.2 Å². The van der Waals surface area contributed by atoms with Crippen LogP contribution in [0.2, 0.25) is 5.02 Å². The number of benzene rings is 1. The number of nitrogens with one attached hydrogen (secondary N) is 1. The molecule has 2 nitrogen and oxygen atoms in total. The van der Waals surface area contributed by atoms with Crippen LogP contribution in [0.1, 0.15) is 31.2 Å². The fourth-order valence-electron chi connectivity index (χ4n) is 2.66. The second kappa shape index (κ2) is 5.80. The quantitative estimate of drug-likeness (QED) is 0.642. The van der Waals surface area contributed by atoms with Crippen molar-refractivity contribution in [3.63, 3.8) is 0 Å². The van der Waals surface area contributed by atoms with Crippen LogP contribution in [0.25, 0.3) is 0 Å². The summed E-state index contributed by atoms with van der Waals surface area (Å²) in [5.74, 6) is 5.82. The minimum absolute atomic E-state index is 0.144. The van der Waals surface area contributed by atoms with Crippen molar-refractivity contribution in [1.82, 2.24) is 5.43 Å². The van der Waals surface area contributed by atoms with E-state index in [1.54, 1.807) is 18.2 Å². The summed E-state index contributed by atoms with van der Waals surface area (Å²) in [5.41, 5.74) is 3.48. The average Bonchev–Trinajstić information content (AvgIpc) is 2.85. The zero-order valence-electron chi connectivity index (χ0n) is 9.76. The Balaban J connectivity index is 2.09. The summed E-state index contributed by atoms with van der Waals surface area (Å²) in [7, 11) is 0. The number of hydrogen-bond acceptors (Lipinski definition) is 2. The molecule has 2 rings (SSSR count). The van der Waals surface area contributed by atoms with Gasteiger partial charge >= 0.3 is 0 Å².